The molecule has 0 bridgehead atoms. The molecule has 0 aliphatic rings. The van der Waals surface area contributed by atoms with E-state index in [4.69, 9.17) is 0 Å². The van der Waals surface area contributed by atoms with Gasteiger partial charge in [-0.1, -0.05) is 12.6 Å². The molecule has 0 atom stereocenters. The molecule has 1 aromatic carbocycles. The third kappa shape index (κ3) is 8.85. The van der Waals surface area contributed by atoms with Crippen LogP contribution in [0.3, 0.4) is 0 Å². The van der Waals surface area contributed by atoms with Gasteiger partial charge in [-0.3, -0.25) is 4.79 Å². The SMILES string of the molecule is C=C(C)C(=O)Nc1cc(B(O)O)cc(C(F)(F)C(F)(F)C(F)(F)C(F)(F)C(F)(F)C(F)(F)C(F)(F)C(F)(F)C(F)(F)C(F)(F)F)c1C(F)(F)C(F)(F)C(F)(F)C(F)(F)C(F)(F)C(F)(F)C(F)(F)C(F)(F)C(F)(F)C(F)(F)F. The van der Waals surface area contributed by atoms with Gasteiger partial charge in [0.2, 0.25) is 0 Å². The summed E-state index contributed by atoms with van der Waals surface area (Å²) in [5, 5.41) is 18.6. The van der Waals surface area contributed by atoms with Gasteiger partial charge in [0.05, 0.1) is 11.3 Å². The van der Waals surface area contributed by atoms with Crippen LogP contribution in [0, 0.1) is 0 Å². The number of carbonyl (C=O) groups excluding carboxylic acids is 1. The Balaban J connectivity index is 4.82. The number of alkyl halides is 42. The Morgan fingerprint density at radius 3 is 0.779 bits per heavy atom. The molecule has 1 aromatic rings. The molecule has 0 aliphatic heterocycles. The molecule has 4 nitrogen and oxygen atoms in total. The lowest BCUT2D eigenvalue weighted by atomic mass is 9.74. The molecule has 1 amide bonds. The van der Waals surface area contributed by atoms with Crippen LogP contribution in [-0.4, -0.2) is 130 Å². The van der Waals surface area contributed by atoms with Crippen LogP contribution in [0.25, 0.3) is 0 Å². The molecule has 1 rings (SSSR count). The van der Waals surface area contributed by atoms with E-state index in [-0.39, 0.29) is 12.2 Å². The first kappa shape index (κ1) is 70.5. The lowest BCUT2D eigenvalue weighted by Gasteiger charge is -2.45. The minimum Gasteiger partial charge on any atom is -0.423 e. The quantitative estimate of drug-likeness (QED) is 0.0653. The second-order valence-electron chi connectivity index (χ2n) is 14.9. The van der Waals surface area contributed by atoms with Gasteiger partial charge >= 0.3 is 126 Å². The van der Waals surface area contributed by atoms with E-state index in [0.29, 0.717) is 0 Å². The lowest BCUT2D eigenvalue weighted by molar-refractivity contribution is -0.475. The summed E-state index contributed by atoms with van der Waals surface area (Å²) in [7, 11) is -4.33. The normalized spacial score (nSPS) is 16.2. The molecule has 0 unspecified atom stereocenters. The largest absolute Gasteiger partial charge is 0.488 e. The third-order valence-corrected chi connectivity index (χ3v) is 9.77. The molecular formula is C30H10BF42NO3. The fourth-order valence-electron chi connectivity index (χ4n) is 5.17. The van der Waals surface area contributed by atoms with Crippen molar-refractivity contribution in [2.24, 2.45) is 0 Å². The van der Waals surface area contributed by atoms with E-state index in [1.165, 1.54) is 0 Å². The summed E-state index contributed by atoms with van der Waals surface area (Å²) in [6.07, 6.45) is -17.0. The Kier molecular flexibility index (Phi) is 16.7. The van der Waals surface area contributed by atoms with Gasteiger partial charge in [0, 0.05) is 11.1 Å². The molecule has 0 spiro atoms. The maximum Gasteiger partial charge on any atom is 0.488 e. The van der Waals surface area contributed by atoms with Crippen molar-refractivity contribution < 1.29 is 199 Å². The monoisotopic (exact) mass is 1240 g/mol. The first-order chi connectivity index (χ1) is 32.7. The van der Waals surface area contributed by atoms with Crippen LogP contribution in [0.5, 0.6) is 0 Å². The zero-order valence-electron chi connectivity index (χ0n) is 34.1. The predicted molar refractivity (Wildman–Crippen MR) is 159 cm³/mol. The minimum absolute atomic E-state index is 0.0270. The second kappa shape index (κ2) is 18.2. The Labute approximate surface area is 391 Å². The smallest absolute Gasteiger partial charge is 0.423 e. The molecule has 0 aromatic heterocycles. The number of hydrogen-bond donors (Lipinski definition) is 3. The van der Waals surface area contributed by atoms with Gasteiger partial charge in [-0.15, -0.1) is 0 Å². The zero-order chi connectivity index (χ0) is 63.2. The zero-order valence-corrected chi connectivity index (χ0v) is 34.1. The highest BCUT2D eigenvalue weighted by atomic mass is 19.5. The Bertz CT molecular complexity index is 2390. The molecule has 47 heteroatoms. The summed E-state index contributed by atoms with van der Waals surface area (Å²) in [6.45, 7) is 2.41. The number of halogens is 42. The van der Waals surface area contributed by atoms with E-state index >= 15 is 35.1 Å². The molecule has 0 saturated carbocycles. The van der Waals surface area contributed by atoms with Crippen LogP contribution in [0.4, 0.5) is 190 Å². The van der Waals surface area contributed by atoms with Gasteiger partial charge in [0.15, 0.2) is 0 Å². The van der Waals surface area contributed by atoms with Crippen LogP contribution in [0.15, 0.2) is 24.3 Å². The van der Waals surface area contributed by atoms with Gasteiger partial charge < -0.3 is 15.4 Å². The molecule has 0 heterocycles. The van der Waals surface area contributed by atoms with Gasteiger partial charge in [0.1, 0.15) is 0 Å². The molecule has 77 heavy (non-hydrogen) atoms. The summed E-state index contributed by atoms with van der Waals surface area (Å²) in [4.78, 5) is 12.1. The lowest BCUT2D eigenvalue weighted by Crippen LogP contribution is -2.77. The number of anilines is 1. The van der Waals surface area contributed by atoms with Gasteiger partial charge in [-0.05, 0) is 18.5 Å². The van der Waals surface area contributed by atoms with E-state index < -0.39 is 172 Å². The second-order valence-corrected chi connectivity index (χ2v) is 14.9. The van der Waals surface area contributed by atoms with E-state index in [1.807, 2.05) is 0 Å². The van der Waals surface area contributed by atoms with Crippen molar-refractivity contribution in [2.75, 3.05) is 5.32 Å². The molecular weight excluding hydrogens is 1230 g/mol. The summed E-state index contributed by atoms with van der Waals surface area (Å²) < 4.78 is 593. The molecule has 0 radical (unpaired) electrons. The molecule has 0 fully saturated rings. The van der Waals surface area contributed by atoms with Gasteiger partial charge in [-0.2, -0.15) is 184 Å². The maximum absolute atomic E-state index is 15.9. The van der Waals surface area contributed by atoms with Crippen molar-refractivity contribution in [2.45, 2.75) is 126 Å². The Morgan fingerprint density at radius 1 is 0.364 bits per heavy atom. The first-order valence-electron chi connectivity index (χ1n) is 17.2. The Hall–Kier alpha value is -4.53. The average Bonchev–Trinajstić information content (AvgIpc) is 3.20. The number of rotatable bonds is 21. The highest BCUT2D eigenvalue weighted by Crippen LogP contribution is 2.71. The standard InChI is InChI=1S/C30H10BF42NO3/c1-5(2)10(75)74-8-4-6(31(76)77)3-7(11(32,33)13(36,37)15(40,41)17(44,45)19(48,49)21(52,53)23(56,57)25(60,61)27(64,65)29(68,69)70)9(8)12(34,35)14(38,39)16(42,43)18(46,47)20(50,51)22(54,55)24(58,59)26(62,63)28(66,67)30(71,72)73/h3-4,76-77H,1H2,2H3,(H,74,75). The highest BCUT2D eigenvalue weighted by molar-refractivity contribution is 6.58. The van der Waals surface area contributed by atoms with Gasteiger partial charge in [0.25, 0.3) is 5.91 Å². The van der Waals surface area contributed by atoms with Crippen molar-refractivity contribution in [3.8, 4) is 0 Å². The van der Waals surface area contributed by atoms with Crippen LogP contribution < -0.4 is 10.8 Å². The Morgan fingerprint density at radius 2 is 0.571 bits per heavy atom. The average molecular weight is 1240 g/mol. The van der Waals surface area contributed by atoms with Crippen LogP contribution in [0.2, 0.25) is 0 Å². The summed E-state index contributed by atoms with van der Waals surface area (Å²) >= 11 is 0. The first-order valence-corrected chi connectivity index (χ1v) is 17.2. The van der Waals surface area contributed by atoms with Crippen molar-refractivity contribution in [1.29, 1.82) is 0 Å². The summed E-state index contributed by atoms with van der Waals surface area (Å²) in [6, 6.07) is -3.81. The van der Waals surface area contributed by atoms with E-state index in [1.54, 1.807) is 0 Å². The van der Waals surface area contributed by atoms with E-state index in [0.717, 1.165) is 0 Å². The van der Waals surface area contributed by atoms with Crippen LogP contribution in [0.1, 0.15) is 18.1 Å². The van der Waals surface area contributed by atoms with Crippen LogP contribution in [-0.2, 0) is 16.6 Å². The molecule has 0 saturated heterocycles. The topological polar surface area (TPSA) is 69.6 Å². The summed E-state index contributed by atoms with van der Waals surface area (Å²) in [5.74, 6) is -179. The van der Waals surface area contributed by atoms with Crippen LogP contribution >= 0.6 is 0 Å². The third-order valence-electron chi connectivity index (χ3n) is 9.77. The number of hydrogen-bond acceptors (Lipinski definition) is 3. The van der Waals surface area contributed by atoms with Crippen molar-refractivity contribution in [3.63, 3.8) is 0 Å². The summed E-state index contributed by atoms with van der Waals surface area (Å²) in [5.41, 5.74) is -19.1. The number of amides is 1. The van der Waals surface area contributed by atoms with E-state index in [9.17, 15) is 164 Å². The van der Waals surface area contributed by atoms with Crippen molar-refractivity contribution in [1.82, 2.24) is 0 Å². The van der Waals surface area contributed by atoms with Gasteiger partial charge in [-0.25, -0.2) is 0 Å². The maximum atomic E-state index is 15.9. The molecule has 0 aliphatic carbocycles. The van der Waals surface area contributed by atoms with Crippen molar-refractivity contribution >= 4 is 24.2 Å². The molecule has 3 N–H and O–H groups in total. The number of nitrogens with one attached hydrogen (secondary N) is 1. The fraction of sp³-hybridized carbons (Fsp3) is 0.700. The highest BCUT2D eigenvalue weighted by Gasteiger charge is 3.00. The van der Waals surface area contributed by atoms with Crippen molar-refractivity contribution in [3.05, 3.63) is 35.4 Å². The number of benzene rings is 1. The number of carbonyl (C=O) groups is 1. The fourth-order valence-corrected chi connectivity index (χ4v) is 5.17. The minimum atomic E-state index is -10.2. The van der Waals surface area contributed by atoms with E-state index in [2.05, 4.69) is 6.58 Å². The predicted octanol–water partition coefficient (Wildman–Crippen LogP) is 13.4. The molecule has 450 valence electrons.